The zero-order valence-electron chi connectivity index (χ0n) is 11.1. The lowest BCUT2D eigenvalue weighted by molar-refractivity contribution is 0.126. The summed E-state index contributed by atoms with van der Waals surface area (Å²) in [6, 6.07) is 4.14. The van der Waals surface area contributed by atoms with E-state index in [0.717, 1.165) is 7.05 Å². The van der Waals surface area contributed by atoms with Crippen LogP contribution in [0.3, 0.4) is 0 Å². The van der Waals surface area contributed by atoms with Crippen LogP contribution in [0.2, 0.25) is 0 Å². The highest BCUT2D eigenvalue weighted by Gasteiger charge is 2.24. The van der Waals surface area contributed by atoms with Crippen LogP contribution in [0.4, 0.5) is 8.78 Å². The van der Waals surface area contributed by atoms with Crippen LogP contribution in [-0.2, 0) is 15.9 Å². The molecule has 0 aliphatic rings. The maximum absolute atomic E-state index is 12.3. The second-order valence-corrected chi connectivity index (χ2v) is 6.32. The molecular formula is C12H16ClF2NO3S. The van der Waals surface area contributed by atoms with E-state index in [0.29, 0.717) is 22.2 Å². The van der Waals surface area contributed by atoms with Crippen LogP contribution >= 0.6 is 11.6 Å². The summed E-state index contributed by atoms with van der Waals surface area (Å²) >= 11 is 5.75. The van der Waals surface area contributed by atoms with Crippen LogP contribution in [0, 0.1) is 0 Å². The van der Waals surface area contributed by atoms with Crippen molar-refractivity contribution in [3.8, 4) is 5.75 Å². The minimum absolute atomic E-state index is 0.0667. The minimum Gasteiger partial charge on any atom is -0.494 e. The number of hydrogen-bond acceptors (Lipinski definition) is 3. The molecule has 0 spiro atoms. The number of benzene rings is 1. The standard InChI is InChI=1S/C12H16ClF2NO3S/c1-3-19-11-5-4-10(6-9(11)7-13)20(17,18)16(2)8-12(14)15/h4-6,12H,3,7-8H2,1-2H3. The lowest BCUT2D eigenvalue weighted by Gasteiger charge is -2.18. The van der Waals surface area contributed by atoms with E-state index in [1.165, 1.54) is 18.2 Å². The first kappa shape index (κ1) is 17.1. The third kappa shape index (κ3) is 4.04. The Morgan fingerprint density at radius 1 is 1.40 bits per heavy atom. The SMILES string of the molecule is CCOc1ccc(S(=O)(=O)N(C)CC(F)F)cc1CCl. The van der Waals surface area contributed by atoms with Gasteiger partial charge in [0.05, 0.1) is 23.9 Å². The van der Waals surface area contributed by atoms with Crippen LogP contribution < -0.4 is 4.74 Å². The fourth-order valence-electron chi connectivity index (χ4n) is 1.59. The predicted octanol–water partition coefficient (Wildman–Crippen LogP) is 2.71. The van der Waals surface area contributed by atoms with E-state index in [9.17, 15) is 17.2 Å². The molecule has 1 rings (SSSR count). The first-order chi connectivity index (χ1) is 9.32. The molecule has 114 valence electrons. The van der Waals surface area contributed by atoms with Crippen molar-refractivity contribution < 1.29 is 21.9 Å². The summed E-state index contributed by atoms with van der Waals surface area (Å²) in [5.74, 6) is 0.551. The lowest BCUT2D eigenvalue weighted by Crippen LogP contribution is -2.31. The Balaban J connectivity index is 3.13. The molecule has 0 saturated heterocycles. The number of ether oxygens (including phenoxy) is 1. The quantitative estimate of drug-likeness (QED) is 0.723. The lowest BCUT2D eigenvalue weighted by atomic mass is 10.2. The van der Waals surface area contributed by atoms with Crippen molar-refractivity contribution in [2.45, 2.75) is 24.1 Å². The average Bonchev–Trinajstić information content (AvgIpc) is 2.38. The van der Waals surface area contributed by atoms with E-state index in [4.69, 9.17) is 16.3 Å². The normalized spacial score (nSPS) is 12.2. The van der Waals surface area contributed by atoms with E-state index >= 15 is 0 Å². The van der Waals surface area contributed by atoms with Gasteiger partial charge in [0, 0.05) is 12.6 Å². The summed E-state index contributed by atoms with van der Waals surface area (Å²) in [5.41, 5.74) is 0.500. The van der Waals surface area contributed by atoms with Crippen molar-refractivity contribution >= 4 is 21.6 Å². The third-order valence-electron chi connectivity index (χ3n) is 2.58. The van der Waals surface area contributed by atoms with Crippen molar-refractivity contribution in [2.24, 2.45) is 0 Å². The molecule has 0 fully saturated rings. The topological polar surface area (TPSA) is 46.6 Å². The summed E-state index contributed by atoms with van der Waals surface area (Å²) in [6.45, 7) is 1.35. The molecule has 0 amide bonds. The molecule has 0 heterocycles. The van der Waals surface area contributed by atoms with Gasteiger partial charge < -0.3 is 4.74 Å². The molecule has 0 aromatic heterocycles. The van der Waals surface area contributed by atoms with Gasteiger partial charge in [-0.1, -0.05) is 0 Å². The maximum atomic E-state index is 12.3. The molecule has 0 unspecified atom stereocenters. The predicted molar refractivity (Wildman–Crippen MR) is 73.0 cm³/mol. The van der Waals surface area contributed by atoms with Gasteiger partial charge in [-0.15, -0.1) is 11.6 Å². The largest absolute Gasteiger partial charge is 0.494 e. The van der Waals surface area contributed by atoms with Gasteiger partial charge in [0.2, 0.25) is 10.0 Å². The van der Waals surface area contributed by atoms with Gasteiger partial charge in [0.1, 0.15) is 5.75 Å². The van der Waals surface area contributed by atoms with Crippen LogP contribution in [0.25, 0.3) is 0 Å². The van der Waals surface area contributed by atoms with Crippen LogP contribution in [0.5, 0.6) is 5.75 Å². The van der Waals surface area contributed by atoms with E-state index in [-0.39, 0.29) is 10.8 Å². The summed E-state index contributed by atoms with van der Waals surface area (Å²) < 4.78 is 54.7. The van der Waals surface area contributed by atoms with E-state index < -0.39 is 23.0 Å². The number of nitrogens with zero attached hydrogens (tertiary/aromatic N) is 1. The van der Waals surface area contributed by atoms with Gasteiger partial charge in [0.25, 0.3) is 6.43 Å². The zero-order valence-corrected chi connectivity index (χ0v) is 12.7. The van der Waals surface area contributed by atoms with Gasteiger partial charge >= 0.3 is 0 Å². The van der Waals surface area contributed by atoms with E-state index in [2.05, 4.69) is 0 Å². The van der Waals surface area contributed by atoms with Gasteiger partial charge in [-0.25, -0.2) is 17.2 Å². The summed E-state index contributed by atoms with van der Waals surface area (Å²) in [6.07, 6.45) is -2.73. The molecule has 0 bridgehead atoms. The van der Waals surface area contributed by atoms with Crippen molar-refractivity contribution in [1.29, 1.82) is 0 Å². The highest BCUT2D eigenvalue weighted by atomic mass is 35.5. The number of sulfonamides is 1. The maximum Gasteiger partial charge on any atom is 0.252 e. The number of rotatable bonds is 7. The van der Waals surface area contributed by atoms with Gasteiger partial charge in [0.15, 0.2) is 0 Å². The van der Waals surface area contributed by atoms with Gasteiger partial charge in [-0.2, -0.15) is 4.31 Å². The third-order valence-corrected chi connectivity index (χ3v) is 4.69. The second-order valence-electron chi connectivity index (χ2n) is 4.01. The summed E-state index contributed by atoms with van der Waals surface area (Å²) in [5, 5.41) is 0. The van der Waals surface area contributed by atoms with Gasteiger partial charge in [-0.3, -0.25) is 0 Å². The first-order valence-corrected chi connectivity index (χ1v) is 7.86. The molecular weight excluding hydrogens is 312 g/mol. The molecule has 0 N–H and O–H groups in total. The smallest absolute Gasteiger partial charge is 0.252 e. The van der Waals surface area contributed by atoms with Gasteiger partial charge in [-0.05, 0) is 25.1 Å². The fourth-order valence-corrected chi connectivity index (χ4v) is 3.00. The molecule has 0 saturated carbocycles. The Morgan fingerprint density at radius 3 is 2.55 bits per heavy atom. The molecule has 0 radical (unpaired) electrons. The second kappa shape index (κ2) is 7.19. The Morgan fingerprint density at radius 2 is 2.05 bits per heavy atom. The monoisotopic (exact) mass is 327 g/mol. The molecule has 0 aliphatic heterocycles. The van der Waals surface area contributed by atoms with Crippen molar-refractivity contribution in [1.82, 2.24) is 4.31 Å². The van der Waals surface area contributed by atoms with Crippen LogP contribution in [0.15, 0.2) is 23.1 Å². The number of alkyl halides is 3. The van der Waals surface area contributed by atoms with E-state index in [1.54, 1.807) is 6.92 Å². The zero-order chi connectivity index (χ0) is 15.3. The molecule has 1 aromatic rings. The van der Waals surface area contributed by atoms with Crippen molar-refractivity contribution in [2.75, 3.05) is 20.2 Å². The summed E-state index contributed by atoms with van der Waals surface area (Å²) in [7, 11) is -2.85. The Kier molecular flexibility index (Phi) is 6.16. The molecule has 20 heavy (non-hydrogen) atoms. The first-order valence-electron chi connectivity index (χ1n) is 5.89. The Bertz CT molecular complexity index is 552. The fraction of sp³-hybridized carbons (Fsp3) is 0.500. The minimum atomic E-state index is -3.96. The van der Waals surface area contributed by atoms with E-state index in [1.807, 2.05) is 0 Å². The molecule has 1 aromatic carbocycles. The molecule has 0 aliphatic carbocycles. The number of hydrogen-bond donors (Lipinski definition) is 0. The highest BCUT2D eigenvalue weighted by molar-refractivity contribution is 7.89. The molecule has 0 atom stereocenters. The summed E-state index contributed by atoms with van der Waals surface area (Å²) in [4.78, 5) is -0.0836. The molecule has 8 heteroatoms. The molecule has 4 nitrogen and oxygen atoms in total. The number of halogens is 3. The van der Waals surface area contributed by atoms with Crippen LogP contribution in [-0.4, -0.2) is 39.3 Å². The van der Waals surface area contributed by atoms with Crippen molar-refractivity contribution in [3.63, 3.8) is 0 Å². The van der Waals surface area contributed by atoms with Crippen molar-refractivity contribution in [3.05, 3.63) is 23.8 Å². The highest BCUT2D eigenvalue weighted by Crippen LogP contribution is 2.26. The Hall–Kier alpha value is -0.920. The average molecular weight is 328 g/mol. The Labute approximate surface area is 122 Å². The van der Waals surface area contributed by atoms with Crippen LogP contribution in [0.1, 0.15) is 12.5 Å².